The molecule has 1 aromatic carbocycles. The second-order valence-electron chi connectivity index (χ2n) is 4.44. The molecule has 1 aromatic heterocycles. The highest BCUT2D eigenvalue weighted by Gasteiger charge is 2.12. The second kappa shape index (κ2) is 6.91. The maximum absolute atomic E-state index is 11.7. The number of ether oxygens (including phenoxy) is 1. The molecule has 2 aromatic rings. The van der Waals surface area contributed by atoms with Gasteiger partial charge >= 0.3 is 5.97 Å². The molecule has 0 aliphatic rings. The number of hydrogen-bond acceptors (Lipinski definition) is 6. The summed E-state index contributed by atoms with van der Waals surface area (Å²) in [5.74, 6) is -2.02. The van der Waals surface area contributed by atoms with Crippen LogP contribution in [0.2, 0.25) is 0 Å². The number of carbonyl (C=O) groups is 2. The first kappa shape index (κ1) is 15.8. The minimum atomic E-state index is -0.924. The van der Waals surface area contributed by atoms with Crippen molar-refractivity contribution in [2.45, 2.75) is 0 Å². The van der Waals surface area contributed by atoms with Gasteiger partial charge in [0.1, 0.15) is 0 Å². The van der Waals surface area contributed by atoms with E-state index in [0.29, 0.717) is 11.3 Å². The first-order chi connectivity index (χ1) is 11.0. The van der Waals surface area contributed by atoms with Crippen LogP contribution in [-0.2, 0) is 9.53 Å². The molecule has 0 unspecified atom stereocenters. The molecule has 3 N–H and O–H groups in total. The van der Waals surface area contributed by atoms with E-state index in [2.05, 4.69) is 10.3 Å². The fraction of sp³-hybridized carbons (Fsp3) is 0.0667. The highest BCUT2D eigenvalue weighted by atomic mass is 16.5. The number of esters is 1. The van der Waals surface area contributed by atoms with Crippen LogP contribution in [0.5, 0.6) is 5.88 Å². The van der Waals surface area contributed by atoms with Crippen LogP contribution in [0.4, 0.5) is 5.69 Å². The highest BCUT2D eigenvalue weighted by molar-refractivity contribution is 5.95. The van der Waals surface area contributed by atoms with Crippen molar-refractivity contribution in [3.05, 3.63) is 57.9 Å². The van der Waals surface area contributed by atoms with Crippen LogP contribution in [0.25, 0.3) is 0 Å². The van der Waals surface area contributed by atoms with Gasteiger partial charge in [-0.05, 0) is 18.2 Å². The molecule has 1 amide bonds. The van der Waals surface area contributed by atoms with Gasteiger partial charge in [0.25, 0.3) is 11.5 Å². The Hall–Kier alpha value is -3.60. The molecule has 0 bridgehead atoms. The highest BCUT2D eigenvalue weighted by Crippen LogP contribution is 2.10. The summed E-state index contributed by atoms with van der Waals surface area (Å²) >= 11 is 0. The van der Waals surface area contributed by atoms with Crippen molar-refractivity contribution in [2.75, 3.05) is 11.9 Å². The number of rotatable bonds is 4. The molecule has 23 heavy (non-hydrogen) atoms. The lowest BCUT2D eigenvalue weighted by Gasteiger charge is -2.07. The summed E-state index contributed by atoms with van der Waals surface area (Å²) in [6.45, 7) is -0.580. The van der Waals surface area contributed by atoms with E-state index in [-0.39, 0.29) is 5.56 Å². The fourth-order valence-electron chi connectivity index (χ4n) is 1.72. The molecule has 0 saturated carbocycles. The Bertz CT molecular complexity index is 851. The quantitative estimate of drug-likeness (QED) is 0.713. The molecule has 0 radical (unpaired) electrons. The average Bonchev–Trinajstić information content (AvgIpc) is 2.51. The van der Waals surface area contributed by atoms with Gasteiger partial charge < -0.3 is 15.2 Å². The predicted molar refractivity (Wildman–Crippen MR) is 78.8 cm³/mol. The predicted octanol–water partition coefficient (Wildman–Crippen LogP) is 0.748. The summed E-state index contributed by atoms with van der Waals surface area (Å²) in [7, 11) is 0. The van der Waals surface area contributed by atoms with Crippen LogP contribution in [-0.4, -0.2) is 28.6 Å². The Labute approximate surface area is 130 Å². The normalized spacial score (nSPS) is 9.70. The minimum Gasteiger partial charge on any atom is -0.494 e. The Morgan fingerprint density at radius 3 is 2.78 bits per heavy atom. The number of aromatic hydroxyl groups is 1. The van der Waals surface area contributed by atoms with Gasteiger partial charge in [-0.1, -0.05) is 6.07 Å². The van der Waals surface area contributed by atoms with E-state index >= 15 is 0 Å². The van der Waals surface area contributed by atoms with Gasteiger partial charge in [-0.2, -0.15) is 5.26 Å². The molecule has 0 aliphatic heterocycles. The Kier molecular flexibility index (Phi) is 4.74. The van der Waals surface area contributed by atoms with Crippen molar-refractivity contribution in [3.63, 3.8) is 0 Å². The first-order valence-corrected chi connectivity index (χ1v) is 6.38. The molecule has 8 nitrogen and oxygen atoms in total. The van der Waals surface area contributed by atoms with Gasteiger partial charge in [0.2, 0.25) is 0 Å². The van der Waals surface area contributed by atoms with Gasteiger partial charge in [0, 0.05) is 17.8 Å². The summed E-state index contributed by atoms with van der Waals surface area (Å²) in [5.41, 5.74) is -0.0853. The molecule has 0 fully saturated rings. The van der Waals surface area contributed by atoms with E-state index in [1.165, 1.54) is 6.07 Å². The number of benzene rings is 1. The number of nitrogens with zero attached hydrogens (tertiary/aromatic N) is 1. The lowest BCUT2D eigenvalue weighted by molar-refractivity contribution is -0.119. The molecule has 0 spiro atoms. The van der Waals surface area contributed by atoms with E-state index in [1.807, 2.05) is 6.07 Å². The zero-order valence-corrected chi connectivity index (χ0v) is 11.7. The molecule has 0 aliphatic carbocycles. The van der Waals surface area contributed by atoms with Gasteiger partial charge in [0.15, 0.2) is 12.5 Å². The lowest BCUT2D eigenvalue weighted by atomic mass is 10.2. The summed E-state index contributed by atoms with van der Waals surface area (Å²) in [6, 6.07) is 10.1. The number of aromatic amines is 1. The molecular weight excluding hydrogens is 302 g/mol. The van der Waals surface area contributed by atoms with Gasteiger partial charge in [-0.25, -0.2) is 4.79 Å². The summed E-state index contributed by atoms with van der Waals surface area (Å²) in [4.78, 5) is 36.6. The number of aromatic nitrogens is 1. The lowest BCUT2D eigenvalue weighted by Crippen LogP contribution is -2.21. The Morgan fingerprint density at radius 2 is 2.09 bits per heavy atom. The number of nitriles is 1. The molecule has 0 saturated heterocycles. The number of hydrogen-bond donors (Lipinski definition) is 3. The van der Waals surface area contributed by atoms with E-state index in [9.17, 15) is 19.5 Å². The number of carbonyl (C=O) groups excluding carboxylic acids is 2. The number of anilines is 1. The molecule has 116 valence electrons. The van der Waals surface area contributed by atoms with E-state index in [4.69, 9.17) is 10.00 Å². The zero-order valence-electron chi connectivity index (χ0n) is 11.7. The third kappa shape index (κ3) is 4.44. The minimum absolute atomic E-state index is 0.175. The fourth-order valence-corrected chi connectivity index (χ4v) is 1.72. The number of nitrogens with one attached hydrogen (secondary N) is 2. The number of H-pyrrole nitrogens is 1. The molecule has 0 atom stereocenters. The number of pyridine rings is 1. The maximum Gasteiger partial charge on any atom is 0.339 e. The smallest absolute Gasteiger partial charge is 0.339 e. The Balaban J connectivity index is 1.94. The van der Waals surface area contributed by atoms with Gasteiger partial charge in [0.05, 0.1) is 17.2 Å². The van der Waals surface area contributed by atoms with Crippen molar-refractivity contribution < 1.29 is 19.4 Å². The SMILES string of the molecule is N#Cc1cccc(NC(=O)COC(=O)c2cc(O)[nH]c(=O)c2)c1. The van der Waals surface area contributed by atoms with Crippen LogP contribution in [0.15, 0.2) is 41.2 Å². The Morgan fingerprint density at radius 1 is 1.30 bits per heavy atom. The zero-order chi connectivity index (χ0) is 16.8. The van der Waals surface area contributed by atoms with Crippen molar-refractivity contribution in [3.8, 4) is 11.9 Å². The third-order valence-electron chi connectivity index (χ3n) is 2.68. The van der Waals surface area contributed by atoms with Crippen LogP contribution >= 0.6 is 0 Å². The molecule has 1 heterocycles. The summed E-state index contributed by atoms with van der Waals surface area (Å²) < 4.78 is 4.75. The van der Waals surface area contributed by atoms with E-state index in [0.717, 1.165) is 12.1 Å². The molecular formula is C15H11N3O5. The second-order valence-corrected chi connectivity index (χ2v) is 4.44. The molecule has 8 heteroatoms. The van der Waals surface area contributed by atoms with Crippen molar-refractivity contribution in [1.82, 2.24) is 4.98 Å². The largest absolute Gasteiger partial charge is 0.494 e. The van der Waals surface area contributed by atoms with E-state index < -0.39 is 29.9 Å². The van der Waals surface area contributed by atoms with E-state index in [1.54, 1.807) is 18.2 Å². The van der Waals surface area contributed by atoms with Crippen LogP contribution in [0, 0.1) is 11.3 Å². The van der Waals surface area contributed by atoms with Gasteiger partial charge in [-0.15, -0.1) is 0 Å². The number of amides is 1. The van der Waals surface area contributed by atoms with Crippen molar-refractivity contribution >= 4 is 17.6 Å². The standard InChI is InChI=1S/C15H11N3O5/c16-7-9-2-1-3-11(4-9)17-14(21)8-23-15(22)10-5-12(19)18-13(20)6-10/h1-6H,8H2,(H,17,21)(H2,18,19,20). The van der Waals surface area contributed by atoms with Crippen molar-refractivity contribution in [2.24, 2.45) is 0 Å². The van der Waals surface area contributed by atoms with Crippen LogP contribution in [0.1, 0.15) is 15.9 Å². The topological polar surface area (TPSA) is 132 Å². The monoisotopic (exact) mass is 313 g/mol. The van der Waals surface area contributed by atoms with Crippen LogP contribution < -0.4 is 10.9 Å². The summed E-state index contributed by atoms with van der Waals surface area (Å²) in [6.07, 6.45) is 0. The van der Waals surface area contributed by atoms with Crippen molar-refractivity contribution in [1.29, 1.82) is 5.26 Å². The average molecular weight is 313 g/mol. The summed E-state index contributed by atoms with van der Waals surface area (Å²) in [5, 5.41) is 20.4. The maximum atomic E-state index is 11.7. The van der Waals surface area contributed by atoms with Crippen LogP contribution in [0.3, 0.4) is 0 Å². The third-order valence-corrected chi connectivity index (χ3v) is 2.68. The first-order valence-electron chi connectivity index (χ1n) is 6.38. The molecule has 2 rings (SSSR count). The van der Waals surface area contributed by atoms with Gasteiger partial charge in [-0.3, -0.25) is 14.6 Å².